The van der Waals surface area contributed by atoms with Gasteiger partial charge in [-0.3, -0.25) is 17.6 Å². The number of benzene rings is 4. The van der Waals surface area contributed by atoms with Gasteiger partial charge in [-0.1, -0.05) is 35.4 Å². The van der Waals surface area contributed by atoms with Crippen molar-refractivity contribution in [3.05, 3.63) is 153 Å². The molecule has 54 heavy (non-hydrogen) atoms. The second kappa shape index (κ2) is 14.6. The zero-order chi connectivity index (χ0) is 38.8. The van der Waals surface area contributed by atoms with Crippen LogP contribution in [-0.4, -0.2) is 9.97 Å². The van der Waals surface area contributed by atoms with Crippen LogP contribution in [0.2, 0.25) is 0 Å². The normalized spacial score (nSPS) is 11.6. The Morgan fingerprint density at radius 1 is 0.407 bits per heavy atom. The summed E-state index contributed by atoms with van der Waals surface area (Å²) in [4.78, 5) is 8.59. The number of rotatable bonds is 6. The molecule has 17 heteroatoms. The summed E-state index contributed by atoms with van der Waals surface area (Å²) in [6.45, 7) is 2.97. The van der Waals surface area contributed by atoms with Gasteiger partial charge in [-0.2, -0.15) is 0 Å². The molecule has 0 saturated heterocycles. The Morgan fingerprint density at radius 2 is 0.704 bits per heavy atom. The Hall–Kier alpha value is -5.11. The minimum atomic E-state index is -2.55. The third-order valence-electron chi connectivity index (χ3n) is 8.25. The predicted molar refractivity (Wildman–Crippen MR) is 159 cm³/mol. The van der Waals surface area contributed by atoms with Crippen LogP contribution in [0.25, 0.3) is 44.8 Å². The fourth-order valence-corrected chi connectivity index (χ4v) is 5.46. The molecule has 6 aromatic rings. The van der Waals surface area contributed by atoms with Gasteiger partial charge in [0, 0.05) is 51.2 Å². The van der Waals surface area contributed by atoms with Crippen LogP contribution in [0, 0.1) is 93.6 Å². The molecule has 2 aromatic heterocycles. The quantitative estimate of drug-likeness (QED) is 0.0720. The Labute approximate surface area is 309 Å². The van der Waals surface area contributed by atoms with Gasteiger partial charge < -0.3 is 9.97 Å². The van der Waals surface area contributed by atoms with Crippen molar-refractivity contribution in [2.45, 2.75) is 19.3 Å². The van der Waals surface area contributed by atoms with Crippen molar-refractivity contribution in [2.75, 3.05) is 0 Å². The third-order valence-corrected chi connectivity index (χ3v) is 8.25. The van der Waals surface area contributed by atoms with Crippen molar-refractivity contribution < 1.29 is 82.5 Å². The second-order valence-electron chi connectivity index (χ2n) is 11.7. The van der Waals surface area contributed by atoms with Gasteiger partial charge in [-0.15, -0.1) is 24.3 Å². The maximum absolute atomic E-state index is 15.8. The van der Waals surface area contributed by atoms with Gasteiger partial charge in [0.2, 0.25) is 11.6 Å². The third kappa shape index (κ3) is 6.33. The number of nitrogens with zero attached hydrogens (tertiary/aromatic N) is 2. The molecule has 4 aromatic carbocycles. The Morgan fingerprint density at radius 3 is 1.02 bits per heavy atom. The molecule has 0 radical (unpaired) electrons. The number of hydrogen-bond donors (Lipinski definition) is 0. The van der Waals surface area contributed by atoms with Crippen molar-refractivity contribution in [2.24, 2.45) is 0 Å². The van der Waals surface area contributed by atoms with Gasteiger partial charge in [0.15, 0.2) is 46.5 Å². The fraction of sp³-hybridized carbons (Fsp3) is 0.0811. The fourth-order valence-electron chi connectivity index (χ4n) is 5.46. The van der Waals surface area contributed by atoms with E-state index in [0.29, 0.717) is 12.1 Å². The standard InChI is InChI=1S/C37H14F14N2.Pt/c1-37(2,19-7-3-5-17(52-19)13-9-11-15(38)21(25(13)40)23-27(42)31(46)35(50)32(47)28(23)43)20-8-4-6-18(53-20)14-10-12-16(39)22(26(14)41)24-29(44)33(48)36(51)34(49)30(24)45;/h3-8,11-12H,1-2H3;/q-2;+2. The zero-order valence-corrected chi connectivity index (χ0v) is 28.9. The van der Waals surface area contributed by atoms with Gasteiger partial charge >= 0.3 is 21.1 Å². The molecule has 0 aliphatic rings. The average molecular weight is 948 g/mol. The molecule has 0 bridgehead atoms. The summed E-state index contributed by atoms with van der Waals surface area (Å²) >= 11 is 0. The van der Waals surface area contributed by atoms with Crippen molar-refractivity contribution >= 4 is 0 Å². The van der Waals surface area contributed by atoms with Crippen molar-refractivity contribution in [3.63, 3.8) is 0 Å². The van der Waals surface area contributed by atoms with Gasteiger partial charge in [-0.25, -0.2) is 43.9 Å². The summed E-state index contributed by atoms with van der Waals surface area (Å²) in [7, 11) is 0. The Kier molecular flexibility index (Phi) is 10.8. The minimum absolute atomic E-state index is 0. The molecule has 0 N–H and O–H groups in total. The molecule has 0 spiro atoms. The molecule has 0 aliphatic carbocycles. The largest absolute Gasteiger partial charge is 2.00 e. The number of aromatic nitrogens is 2. The molecule has 6 rings (SSSR count). The molecule has 0 aliphatic heterocycles. The predicted octanol–water partition coefficient (Wildman–Crippen LogP) is 11.0. The van der Waals surface area contributed by atoms with E-state index in [9.17, 15) is 52.7 Å². The van der Waals surface area contributed by atoms with E-state index in [4.69, 9.17) is 0 Å². The Balaban J connectivity index is 0.00000561. The van der Waals surface area contributed by atoms with E-state index in [2.05, 4.69) is 22.1 Å². The molecule has 0 unspecified atom stereocenters. The molecule has 280 valence electrons. The number of pyridine rings is 2. The van der Waals surface area contributed by atoms with Crippen LogP contribution in [0.3, 0.4) is 0 Å². The summed E-state index contributed by atoms with van der Waals surface area (Å²) in [5.41, 5.74) is -10.5. The van der Waals surface area contributed by atoms with E-state index in [-0.39, 0.29) is 43.8 Å². The first-order valence-electron chi connectivity index (χ1n) is 14.7. The van der Waals surface area contributed by atoms with Gasteiger partial charge in [-0.05, 0) is 48.5 Å². The number of hydrogen-bond acceptors (Lipinski definition) is 2. The van der Waals surface area contributed by atoms with Crippen LogP contribution in [0.5, 0.6) is 0 Å². The summed E-state index contributed by atoms with van der Waals surface area (Å²) in [6, 6.07) is 12.7. The molecule has 2 nitrogen and oxygen atoms in total. The Bertz CT molecular complexity index is 2280. The van der Waals surface area contributed by atoms with Gasteiger partial charge in [0.1, 0.15) is 0 Å². The first-order valence-corrected chi connectivity index (χ1v) is 14.7. The van der Waals surface area contributed by atoms with E-state index < -0.39 is 120 Å². The van der Waals surface area contributed by atoms with Crippen LogP contribution in [0.4, 0.5) is 61.5 Å². The van der Waals surface area contributed by atoms with Gasteiger partial charge in [0.25, 0.3) is 0 Å². The maximum Gasteiger partial charge on any atom is 2.00 e. The first kappa shape index (κ1) is 40.1. The SMILES string of the molecule is CC(C)(c1cccc(-c2[c-]cc(F)c(-c3c(F)c(F)c(F)c(F)c3F)c2F)n1)c1cccc(-c2[c-]cc(F)c(-c3c(F)c(F)c(F)c(F)c3F)c2F)n1.[Pt+2]. The number of halogens is 14. The van der Waals surface area contributed by atoms with E-state index in [1.54, 1.807) is 0 Å². The van der Waals surface area contributed by atoms with Crippen molar-refractivity contribution in [3.8, 4) is 44.8 Å². The molecule has 2 heterocycles. The smallest absolute Gasteiger partial charge is 0.300 e. The molecular formula is C37H14F14N2Pt. The minimum Gasteiger partial charge on any atom is -0.300 e. The van der Waals surface area contributed by atoms with Crippen LogP contribution in [-0.2, 0) is 26.5 Å². The van der Waals surface area contributed by atoms with E-state index in [1.807, 2.05) is 0 Å². The van der Waals surface area contributed by atoms with Crippen molar-refractivity contribution in [1.29, 1.82) is 0 Å². The van der Waals surface area contributed by atoms with Crippen LogP contribution < -0.4 is 0 Å². The van der Waals surface area contributed by atoms with E-state index in [1.165, 1.54) is 38.1 Å². The zero-order valence-electron chi connectivity index (χ0n) is 26.6. The van der Waals surface area contributed by atoms with E-state index in [0.717, 1.165) is 12.1 Å². The summed E-state index contributed by atoms with van der Waals surface area (Å²) in [6.07, 6.45) is 0. The topological polar surface area (TPSA) is 25.8 Å². The monoisotopic (exact) mass is 947 g/mol. The first-order chi connectivity index (χ1) is 24.9. The van der Waals surface area contributed by atoms with Gasteiger partial charge in [0.05, 0.1) is 0 Å². The molecule has 0 amide bonds. The van der Waals surface area contributed by atoms with Crippen LogP contribution in [0.15, 0.2) is 48.5 Å². The molecule has 0 saturated carbocycles. The van der Waals surface area contributed by atoms with Crippen LogP contribution >= 0.6 is 0 Å². The summed E-state index contributed by atoms with van der Waals surface area (Å²) in [5.74, 6) is -31.9. The average Bonchev–Trinajstić information content (AvgIpc) is 3.14. The molecule has 0 fully saturated rings. The van der Waals surface area contributed by atoms with Crippen molar-refractivity contribution in [1.82, 2.24) is 9.97 Å². The van der Waals surface area contributed by atoms with Crippen LogP contribution in [0.1, 0.15) is 25.2 Å². The second-order valence-corrected chi connectivity index (χ2v) is 11.7. The maximum atomic E-state index is 15.8. The molecule has 0 atom stereocenters. The summed E-state index contributed by atoms with van der Waals surface area (Å²) < 4.78 is 202. The summed E-state index contributed by atoms with van der Waals surface area (Å²) in [5, 5.41) is 0. The van der Waals surface area contributed by atoms with E-state index >= 15 is 8.78 Å². The molecular weight excluding hydrogens is 933 g/mol.